The average molecular weight is 299 g/mol. The molecule has 1 aromatic heterocycles. The van der Waals surface area contributed by atoms with Crippen molar-refractivity contribution in [3.05, 3.63) is 28.5 Å². The van der Waals surface area contributed by atoms with Crippen molar-refractivity contribution < 1.29 is 14.3 Å². The zero-order valence-corrected chi connectivity index (χ0v) is 10.8. The van der Waals surface area contributed by atoms with Gasteiger partial charge in [0.1, 0.15) is 4.60 Å². The highest BCUT2D eigenvalue weighted by atomic mass is 79.9. The maximum Gasteiger partial charge on any atom is 0.335 e. The highest BCUT2D eigenvalue weighted by Crippen LogP contribution is 2.27. The molecule has 5 nitrogen and oxygen atoms in total. The lowest BCUT2D eigenvalue weighted by atomic mass is 10.1. The summed E-state index contributed by atoms with van der Waals surface area (Å²) >= 11 is 3.25. The van der Waals surface area contributed by atoms with E-state index in [9.17, 15) is 4.79 Å². The Kier molecular flexibility index (Phi) is 3.73. The number of halogens is 1. The summed E-state index contributed by atoms with van der Waals surface area (Å²) in [5, 5.41) is 0. The molecule has 0 unspecified atom stereocenters. The van der Waals surface area contributed by atoms with Gasteiger partial charge in [0.2, 0.25) is 0 Å². The van der Waals surface area contributed by atoms with E-state index in [1.807, 2.05) is 6.07 Å². The molecule has 2 rings (SSSR count). The van der Waals surface area contributed by atoms with Gasteiger partial charge in [0, 0.05) is 11.8 Å². The Morgan fingerprint density at radius 3 is 3.06 bits per heavy atom. The molecule has 0 amide bonds. The second kappa shape index (κ2) is 5.27. The van der Waals surface area contributed by atoms with E-state index in [0.717, 1.165) is 10.2 Å². The Hall–Kier alpha value is -1.43. The van der Waals surface area contributed by atoms with Crippen molar-refractivity contribution in [2.45, 2.75) is 19.1 Å². The van der Waals surface area contributed by atoms with Gasteiger partial charge in [-0.1, -0.05) is 6.07 Å². The molecular formula is C11H11BrN2O3. The fourth-order valence-electron chi connectivity index (χ4n) is 1.55. The van der Waals surface area contributed by atoms with Gasteiger partial charge in [0.05, 0.1) is 6.61 Å². The van der Waals surface area contributed by atoms with Gasteiger partial charge < -0.3 is 9.47 Å². The topological polar surface area (TPSA) is 60.8 Å². The first-order chi connectivity index (χ1) is 8.22. The van der Waals surface area contributed by atoms with Crippen LogP contribution in [0.25, 0.3) is 0 Å². The second-order valence-electron chi connectivity index (χ2n) is 3.42. The van der Waals surface area contributed by atoms with Gasteiger partial charge >= 0.3 is 5.97 Å². The van der Waals surface area contributed by atoms with Crippen molar-refractivity contribution in [1.82, 2.24) is 4.98 Å². The van der Waals surface area contributed by atoms with Gasteiger partial charge in [-0.15, -0.1) is 0 Å². The lowest BCUT2D eigenvalue weighted by Crippen LogP contribution is -2.26. The Morgan fingerprint density at radius 2 is 2.41 bits per heavy atom. The van der Waals surface area contributed by atoms with E-state index < -0.39 is 12.1 Å². The van der Waals surface area contributed by atoms with Crippen LogP contribution in [0, 0.1) is 0 Å². The number of aromatic nitrogens is 1. The first kappa shape index (κ1) is 12.0. The molecule has 90 valence electrons. The first-order valence-corrected chi connectivity index (χ1v) is 5.97. The molecule has 1 aromatic rings. The summed E-state index contributed by atoms with van der Waals surface area (Å²) in [6.07, 6.45) is 2.49. The Labute approximate surface area is 107 Å². The van der Waals surface area contributed by atoms with Crippen LogP contribution in [0.15, 0.2) is 27.9 Å². The minimum Gasteiger partial charge on any atom is -0.473 e. The van der Waals surface area contributed by atoms with Gasteiger partial charge in [0.15, 0.2) is 18.5 Å². The number of rotatable bonds is 3. The SMILES string of the molecule is CCOC(=O)[C@@H]1N=CO[C@@H]1c1ccc(Br)nc1. The third-order valence-corrected chi connectivity index (χ3v) is 2.79. The third-order valence-electron chi connectivity index (χ3n) is 2.32. The highest BCUT2D eigenvalue weighted by molar-refractivity contribution is 9.10. The normalized spacial score (nSPS) is 22.2. The van der Waals surface area contributed by atoms with Crippen LogP contribution in [0.4, 0.5) is 0 Å². The predicted octanol–water partition coefficient (Wildman–Crippen LogP) is 1.88. The van der Waals surface area contributed by atoms with E-state index in [1.165, 1.54) is 6.40 Å². The molecule has 2 atom stereocenters. The van der Waals surface area contributed by atoms with Gasteiger partial charge in [-0.05, 0) is 28.9 Å². The van der Waals surface area contributed by atoms with Gasteiger partial charge in [-0.25, -0.2) is 14.8 Å². The zero-order valence-electron chi connectivity index (χ0n) is 9.17. The molecule has 0 N–H and O–H groups in total. The van der Waals surface area contributed by atoms with Crippen LogP contribution in [0.3, 0.4) is 0 Å². The van der Waals surface area contributed by atoms with Crippen LogP contribution in [0.5, 0.6) is 0 Å². The van der Waals surface area contributed by atoms with E-state index in [-0.39, 0.29) is 5.97 Å². The minimum atomic E-state index is -0.641. The Balaban J connectivity index is 2.15. The van der Waals surface area contributed by atoms with E-state index >= 15 is 0 Å². The molecule has 0 aromatic carbocycles. The molecule has 17 heavy (non-hydrogen) atoms. The number of hydrogen-bond acceptors (Lipinski definition) is 5. The molecule has 1 aliphatic rings. The highest BCUT2D eigenvalue weighted by Gasteiger charge is 2.35. The number of ether oxygens (including phenoxy) is 2. The quantitative estimate of drug-likeness (QED) is 0.631. The molecule has 0 saturated carbocycles. The Morgan fingerprint density at radius 1 is 1.59 bits per heavy atom. The fraction of sp³-hybridized carbons (Fsp3) is 0.364. The van der Waals surface area contributed by atoms with Crippen LogP contribution in [0.2, 0.25) is 0 Å². The van der Waals surface area contributed by atoms with Crippen molar-refractivity contribution in [3.8, 4) is 0 Å². The molecule has 2 heterocycles. The van der Waals surface area contributed by atoms with Crippen molar-refractivity contribution in [2.75, 3.05) is 6.61 Å². The Bertz CT molecular complexity index is 433. The van der Waals surface area contributed by atoms with Gasteiger partial charge in [-0.2, -0.15) is 0 Å². The molecule has 0 fully saturated rings. The molecule has 0 aliphatic carbocycles. The summed E-state index contributed by atoms with van der Waals surface area (Å²) in [4.78, 5) is 19.7. The van der Waals surface area contributed by atoms with Gasteiger partial charge in [-0.3, -0.25) is 0 Å². The van der Waals surface area contributed by atoms with Crippen LogP contribution in [-0.2, 0) is 14.3 Å². The summed E-state index contributed by atoms with van der Waals surface area (Å²) in [6.45, 7) is 2.09. The summed E-state index contributed by atoms with van der Waals surface area (Å²) in [5.74, 6) is -0.380. The van der Waals surface area contributed by atoms with E-state index in [4.69, 9.17) is 9.47 Å². The largest absolute Gasteiger partial charge is 0.473 e. The summed E-state index contributed by atoms with van der Waals surface area (Å²) < 4.78 is 11.0. The molecule has 0 spiro atoms. The number of pyridine rings is 1. The summed E-state index contributed by atoms with van der Waals surface area (Å²) in [7, 11) is 0. The lowest BCUT2D eigenvalue weighted by Gasteiger charge is -2.15. The summed E-state index contributed by atoms with van der Waals surface area (Å²) in [5.41, 5.74) is 0.795. The third kappa shape index (κ3) is 2.63. The van der Waals surface area contributed by atoms with Crippen LogP contribution >= 0.6 is 15.9 Å². The van der Waals surface area contributed by atoms with E-state index in [2.05, 4.69) is 25.9 Å². The van der Waals surface area contributed by atoms with Crippen LogP contribution < -0.4 is 0 Å². The standard InChI is InChI=1S/C11H11BrN2O3/c1-2-16-11(15)9-10(17-6-14-9)7-3-4-8(12)13-5-7/h3-6,9-10H,2H2,1H3/t9-,10-/m1/s1. The van der Waals surface area contributed by atoms with Crippen molar-refractivity contribution in [2.24, 2.45) is 4.99 Å². The predicted molar refractivity (Wildman–Crippen MR) is 64.7 cm³/mol. The van der Waals surface area contributed by atoms with Crippen LogP contribution in [-0.4, -0.2) is 30.0 Å². The number of hydrogen-bond donors (Lipinski definition) is 0. The van der Waals surface area contributed by atoms with Crippen molar-refractivity contribution in [1.29, 1.82) is 0 Å². The van der Waals surface area contributed by atoms with Crippen LogP contribution in [0.1, 0.15) is 18.6 Å². The monoisotopic (exact) mass is 298 g/mol. The summed E-state index contributed by atoms with van der Waals surface area (Å²) in [6, 6.07) is 2.99. The maximum atomic E-state index is 11.7. The molecule has 0 saturated heterocycles. The first-order valence-electron chi connectivity index (χ1n) is 5.17. The number of carbonyl (C=O) groups is 1. The van der Waals surface area contributed by atoms with E-state index in [0.29, 0.717) is 6.61 Å². The molecule has 1 aliphatic heterocycles. The lowest BCUT2D eigenvalue weighted by molar-refractivity contribution is -0.146. The molecule has 0 bridgehead atoms. The maximum absolute atomic E-state index is 11.7. The van der Waals surface area contributed by atoms with Gasteiger partial charge in [0.25, 0.3) is 0 Å². The minimum absolute atomic E-state index is 0.330. The smallest absolute Gasteiger partial charge is 0.335 e. The number of carbonyl (C=O) groups excluding carboxylic acids is 1. The fourth-order valence-corrected chi connectivity index (χ4v) is 1.78. The molecule has 0 radical (unpaired) electrons. The number of aliphatic imine (C=N–C) groups is 1. The average Bonchev–Trinajstić information content (AvgIpc) is 2.79. The van der Waals surface area contributed by atoms with Crippen molar-refractivity contribution >= 4 is 28.3 Å². The second-order valence-corrected chi connectivity index (χ2v) is 4.23. The molecular weight excluding hydrogens is 288 g/mol. The van der Waals surface area contributed by atoms with E-state index in [1.54, 1.807) is 19.2 Å². The molecule has 6 heteroatoms. The number of nitrogens with zero attached hydrogens (tertiary/aromatic N) is 2. The number of esters is 1. The zero-order chi connectivity index (χ0) is 12.3. The van der Waals surface area contributed by atoms with Crippen molar-refractivity contribution in [3.63, 3.8) is 0 Å².